The quantitative estimate of drug-likeness (QED) is 0.508. The van der Waals surface area contributed by atoms with Gasteiger partial charge in [0.25, 0.3) is 5.69 Å². The smallest absolute Gasteiger partial charge is 0.455 e. The molecule has 0 heterocycles. The molecule has 0 unspecified atom stereocenters. The first-order chi connectivity index (χ1) is 8.48. The zero-order valence-corrected chi connectivity index (χ0v) is 10.2. The van der Waals surface area contributed by atoms with E-state index in [1.54, 1.807) is 0 Å². The molecule has 0 saturated heterocycles. The molecule has 0 saturated carbocycles. The Balaban J connectivity index is 0.00000361. The summed E-state index contributed by atoms with van der Waals surface area (Å²) in [6.07, 6.45) is -5.94. The van der Waals surface area contributed by atoms with Crippen LogP contribution in [-0.4, -0.2) is 22.1 Å². The van der Waals surface area contributed by atoms with Crippen LogP contribution in [0.1, 0.15) is 11.6 Å². The van der Waals surface area contributed by atoms with Crippen molar-refractivity contribution in [1.82, 2.24) is 0 Å². The molecule has 5 nitrogen and oxygen atoms in total. The second-order valence-corrected chi connectivity index (χ2v) is 3.60. The van der Waals surface area contributed by atoms with Crippen molar-refractivity contribution in [3.05, 3.63) is 33.9 Å². The molecular weight excluding hydrogens is 315 g/mol. The molecule has 0 aliphatic carbocycles. The van der Waals surface area contributed by atoms with Crippen molar-refractivity contribution in [2.75, 3.05) is 0 Å². The van der Waals surface area contributed by atoms with Crippen LogP contribution in [-0.2, 0) is 0 Å². The lowest BCUT2D eigenvalue weighted by Crippen LogP contribution is -2.45. The zero-order chi connectivity index (χ0) is 15.0. The Kier molecular flexibility index (Phi) is 5.27. The summed E-state index contributed by atoms with van der Waals surface area (Å²) in [5.74, 6) is -6.32. The lowest BCUT2D eigenvalue weighted by molar-refractivity contribution is -0.385. The molecule has 1 aromatic rings. The van der Waals surface area contributed by atoms with E-state index in [4.69, 9.17) is 5.73 Å². The lowest BCUT2D eigenvalue weighted by Gasteiger charge is -2.26. The SMILES string of the molecule is Cl.N[C@H](c1cc([N+](=O)[O-])ccc1O)C(F)(F)C(F)(F)F. The average Bonchev–Trinajstić information content (AvgIpc) is 2.26. The third-order valence-corrected chi connectivity index (χ3v) is 2.33. The maximum Gasteiger partial charge on any atom is 0.455 e. The Morgan fingerprint density at radius 3 is 2.15 bits per heavy atom. The number of nitrogens with zero attached hydrogens (tertiary/aromatic N) is 1. The summed E-state index contributed by atoms with van der Waals surface area (Å²) in [5, 5.41) is 19.6. The van der Waals surface area contributed by atoms with Crippen LogP contribution >= 0.6 is 12.4 Å². The van der Waals surface area contributed by atoms with Gasteiger partial charge in [-0.2, -0.15) is 22.0 Å². The molecule has 0 radical (unpaired) electrons. The highest BCUT2D eigenvalue weighted by Crippen LogP contribution is 2.45. The number of alkyl halides is 5. The number of nitrogens with two attached hydrogens (primary N) is 1. The molecule has 3 N–H and O–H groups in total. The van der Waals surface area contributed by atoms with Gasteiger partial charge in [-0.3, -0.25) is 10.1 Å². The van der Waals surface area contributed by atoms with Crippen LogP contribution in [0.25, 0.3) is 0 Å². The summed E-state index contributed by atoms with van der Waals surface area (Å²) in [4.78, 5) is 9.39. The van der Waals surface area contributed by atoms with Crippen molar-refractivity contribution in [3.8, 4) is 5.75 Å². The van der Waals surface area contributed by atoms with E-state index >= 15 is 0 Å². The van der Waals surface area contributed by atoms with E-state index in [2.05, 4.69) is 0 Å². The topological polar surface area (TPSA) is 89.4 Å². The number of halogens is 6. The Hall–Kier alpha value is -1.68. The van der Waals surface area contributed by atoms with E-state index in [-0.39, 0.29) is 12.4 Å². The second-order valence-electron chi connectivity index (χ2n) is 3.60. The molecule has 0 spiro atoms. The fourth-order valence-corrected chi connectivity index (χ4v) is 1.28. The van der Waals surface area contributed by atoms with Gasteiger partial charge < -0.3 is 10.8 Å². The molecule has 0 amide bonds. The molecule has 0 aliphatic rings. The predicted molar refractivity (Wildman–Crippen MR) is 59.9 cm³/mol. The third kappa shape index (κ3) is 3.25. The largest absolute Gasteiger partial charge is 0.508 e. The van der Waals surface area contributed by atoms with Gasteiger partial charge in [0, 0.05) is 17.7 Å². The minimum Gasteiger partial charge on any atom is -0.508 e. The van der Waals surface area contributed by atoms with Gasteiger partial charge >= 0.3 is 12.1 Å². The highest BCUT2D eigenvalue weighted by atomic mass is 35.5. The number of phenolic OH excluding ortho intramolecular Hbond substituents is 1. The molecule has 0 fully saturated rings. The van der Waals surface area contributed by atoms with Gasteiger partial charge in [-0.1, -0.05) is 0 Å². The average molecular weight is 323 g/mol. The van der Waals surface area contributed by atoms with Crippen molar-refractivity contribution in [2.24, 2.45) is 5.73 Å². The Bertz CT molecular complexity index is 509. The molecule has 1 atom stereocenters. The first kappa shape index (κ1) is 18.3. The number of rotatable bonds is 3. The summed E-state index contributed by atoms with van der Waals surface area (Å²) in [6, 6.07) is -1.20. The zero-order valence-electron chi connectivity index (χ0n) is 9.40. The molecule has 1 rings (SSSR count). The van der Waals surface area contributed by atoms with Gasteiger partial charge in [0.1, 0.15) is 11.8 Å². The van der Waals surface area contributed by atoms with Crippen molar-refractivity contribution in [2.45, 2.75) is 18.1 Å². The first-order valence-corrected chi connectivity index (χ1v) is 4.66. The van der Waals surface area contributed by atoms with Crippen LogP contribution in [0.2, 0.25) is 0 Å². The van der Waals surface area contributed by atoms with Crippen LogP contribution in [0, 0.1) is 10.1 Å². The number of nitro benzene ring substituents is 1. The summed E-state index contributed by atoms with van der Waals surface area (Å²) in [6.45, 7) is 0. The number of aromatic hydroxyl groups is 1. The van der Waals surface area contributed by atoms with Crippen LogP contribution in [0.4, 0.5) is 27.6 Å². The first-order valence-electron chi connectivity index (χ1n) is 4.66. The molecule has 11 heteroatoms. The fourth-order valence-electron chi connectivity index (χ4n) is 1.28. The van der Waals surface area contributed by atoms with Crippen molar-refractivity contribution in [1.29, 1.82) is 0 Å². The maximum absolute atomic E-state index is 13.0. The van der Waals surface area contributed by atoms with Gasteiger partial charge in [0.05, 0.1) is 4.92 Å². The van der Waals surface area contributed by atoms with Gasteiger partial charge in [0.15, 0.2) is 0 Å². The van der Waals surface area contributed by atoms with Crippen LogP contribution in [0.15, 0.2) is 18.2 Å². The van der Waals surface area contributed by atoms with Gasteiger partial charge in [0.2, 0.25) is 0 Å². The maximum atomic E-state index is 13.0. The minimum absolute atomic E-state index is 0. The van der Waals surface area contributed by atoms with Crippen molar-refractivity contribution in [3.63, 3.8) is 0 Å². The highest BCUT2D eigenvalue weighted by Gasteiger charge is 2.62. The van der Waals surface area contributed by atoms with Crippen LogP contribution in [0.3, 0.4) is 0 Å². The van der Waals surface area contributed by atoms with E-state index in [1.165, 1.54) is 0 Å². The molecule has 0 aliphatic heterocycles. The summed E-state index contributed by atoms with van der Waals surface area (Å²) in [7, 11) is 0. The normalized spacial score (nSPS) is 13.5. The number of hydrogen-bond acceptors (Lipinski definition) is 4. The van der Waals surface area contributed by atoms with E-state index in [9.17, 15) is 37.2 Å². The van der Waals surface area contributed by atoms with Gasteiger partial charge in [-0.25, -0.2) is 0 Å². The molecule has 0 bridgehead atoms. The predicted octanol–water partition coefficient (Wildman–Crippen LogP) is 2.92. The van der Waals surface area contributed by atoms with E-state index in [0.29, 0.717) is 12.1 Å². The highest BCUT2D eigenvalue weighted by molar-refractivity contribution is 5.85. The second kappa shape index (κ2) is 5.75. The number of non-ortho nitro benzene ring substituents is 1. The van der Waals surface area contributed by atoms with E-state index in [0.717, 1.165) is 6.07 Å². The lowest BCUT2D eigenvalue weighted by atomic mass is 9.99. The van der Waals surface area contributed by atoms with E-state index in [1.807, 2.05) is 0 Å². The van der Waals surface area contributed by atoms with Crippen molar-refractivity contribution >= 4 is 18.1 Å². The molecular formula is C9H8ClF5N2O3. The Morgan fingerprint density at radius 2 is 1.75 bits per heavy atom. The molecule has 114 valence electrons. The van der Waals surface area contributed by atoms with E-state index < -0.39 is 40.1 Å². The Labute approximate surface area is 114 Å². The Morgan fingerprint density at radius 1 is 1.25 bits per heavy atom. The molecule has 0 aromatic heterocycles. The van der Waals surface area contributed by atoms with Crippen LogP contribution < -0.4 is 5.73 Å². The molecule has 1 aromatic carbocycles. The fraction of sp³-hybridized carbons (Fsp3) is 0.333. The van der Waals surface area contributed by atoms with Crippen LogP contribution in [0.5, 0.6) is 5.75 Å². The number of benzene rings is 1. The minimum atomic E-state index is -5.94. The molecule has 20 heavy (non-hydrogen) atoms. The van der Waals surface area contributed by atoms with Gasteiger partial charge in [-0.15, -0.1) is 12.4 Å². The van der Waals surface area contributed by atoms with Gasteiger partial charge in [-0.05, 0) is 6.07 Å². The van der Waals surface area contributed by atoms with Crippen molar-refractivity contribution < 1.29 is 32.0 Å². The number of nitro groups is 1. The monoisotopic (exact) mass is 322 g/mol. The third-order valence-electron chi connectivity index (χ3n) is 2.33. The summed E-state index contributed by atoms with van der Waals surface area (Å²) >= 11 is 0. The number of phenols is 1. The standard InChI is InChI=1S/C9H7F5N2O3.ClH/c10-8(11,9(12,13)14)7(15)5-3-4(16(18)19)1-2-6(5)17;/h1-3,7,17H,15H2;1H/t7-;/m1./s1. The summed E-state index contributed by atoms with van der Waals surface area (Å²) in [5.41, 5.74) is 2.95. The summed E-state index contributed by atoms with van der Waals surface area (Å²) < 4.78 is 62.3. The number of hydrogen-bond donors (Lipinski definition) is 2.